The molecule has 31 heavy (non-hydrogen) atoms. The number of thioether (sulfide) groups is 1. The van der Waals surface area contributed by atoms with Gasteiger partial charge >= 0.3 is 0 Å². The van der Waals surface area contributed by atoms with Crippen LogP contribution in [0, 0.1) is 12.7 Å². The molecule has 1 atom stereocenters. The number of halogens is 1. The van der Waals surface area contributed by atoms with Gasteiger partial charge in [-0.05, 0) is 43.3 Å². The first-order chi connectivity index (χ1) is 14.7. The molecule has 1 saturated heterocycles. The summed E-state index contributed by atoms with van der Waals surface area (Å²) < 4.78 is 42.0. The molecule has 10 heteroatoms. The normalized spacial score (nSPS) is 17.7. The van der Waals surface area contributed by atoms with E-state index in [9.17, 15) is 22.4 Å². The van der Waals surface area contributed by atoms with Crippen LogP contribution in [-0.2, 0) is 19.6 Å². The summed E-state index contributed by atoms with van der Waals surface area (Å²) in [6.07, 6.45) is 1.29. The Kier molecular flexibility index (Phi) is 6.91. The van der Waals surface area contributed by atoms with E-state index in [2.05, 4.69) is 16.3 Å². The molecule has 1 aliphatic heterocycles. The predicted octanol–water partition coefficient (Wildman–Crippen LogP) is 3.34. The van der Waals surface area contributed by atoms with Crippen LogP contribution in [0.5, 0.6) is 0 Å². The van der Waals surface area contributed by atoms with Gasteiger partial charge in [0.05, 0.1) is 4.90 Å². The molecule has 0 saturated carbocycles. The van der Waals surface area contributed by atoms with Crippen LogP contribution < -0.4 is 5.32 Å². The monoisotopic (exact) mass is 461 g/mol. The molecule has 2 aromatic carbocycles. The molecule has 3 rings (SSSR count). The molecule has 2 aromatic rings. The number of benzene rings is 2. The van der Waals surface area contributed by atoms with Gasteiger partial charge in [0.15, 0.2) is 5.17 Å². The Morgan fingerprint density at radius 2 is 1.87 bits per heavy atom. The van der Waals surface area contributed by atoms with E-state index in [1.54, 1.807) is 12.1 Å². The van der Waals surface area contributed by atoms with Gasteiger partial charge in [0.1, 0.15) is 11.1 Å². The Hall–Kier alpha value is -2.98. The Labute approximate surface area is 184 Å². The summed E-state index contributed by atoms with van der Waals surface area (Å²) in [6, 6.07) is 11.4. The smallest absolute Gasteiger partial charge is 0.284 e. The number of amidine groups is 1. The van der Waals surface area contributed by atoms with Crippen molar-refractivity contribution in [3.8, 4) is 0 Å². The lowest BCUT2D eigenvalue weighted by molar-refractivity contribution is -0.127. The molecule has 0 aliphatic carbocycles. The van der Waals surface area contributed by atoms with Crippen molar-refractivity contribution in [1.82, 2.24) is 4.90 Å². The second-order valence-electron chi connectivity index (χ2n) is 6.77. The SMILES string of the molecule is C=CCN1C(=O)C(CC(=O)Nc2ccc(C)cc2)S/C1=N/S(=O)(=O)c1ccc(F)cc1. The van der Waals surface area contributed by atoms with E-state index in [1.165, 1.54) is 11.0 Å². The van der Waals surface area contributed by atoms with Crippen LogP contribution in [0.3, 0.4) is 0 Å². The van der Waals surface area contributed by atoms with Gasteiger partial charge in [-0.15, -0.1) is 11.0 Å². The van der Waals surface area contributed by atoms with E-state index >= 15 is 0 Å². The number of anilines is 1. The first-order valence-electron chi connectivity index (χ1n) is 9.25. The molecule has 0 radical (unpaired) electrons. The molecule has 1 fully saturated rings. The molecule has 1 heterocycles. The number of hydrogen-bond acceptors (Lipinski definition) is 5. The van der Waals surface area contributed by atoms with Gasteiger partial charge in [0, 0.05) is 18.7 Å². The maximum absolute atomic E-state index is 13.1. The topological polar surface area (TPSA) is 95.9 Å². The first-order valence-corrected chi connectivity index (χ1v) is 11.6. The number of sulfonamides is 1. The number of aryl methyl sites for hydroxylation is 1. The summed E-state index contributed by atoms with van der Waals surface area (Å²) in [6.45, 7) is 5.54. The third-order valence-corrected chi connectivity index (χ3v) is 6.92. The van der Waals surface area contributed by atoms with Gasteiger partial charge in [0.25, 0.3) is 10.0 Å². The van der Waals surface area contributed by atoms with Crippen molar-refractivity contribution in [3.05, 3.63) is 72.6 Å². The molecule has 1 N–H and O–H groups in total. The van der Waals surface area contributed by atoms with Gasteiger partial charge in [-0.3, -0.25) is 14.5 Å². The van der Waals surface area contributed by atoms with E-state index in [-0.39, 0.29) is 28.9 Å². The zero-order valence-electron chi connectivity index (χ0n) is 16.6. The summed E-state index contributed by atoms with van der Waals surface area (Å²) in [5.74, 6) is -1.39. The third kappa shape index (κ3) is 5.59. The lowest BCUT2D eigenvalue weighted by Gasteiger charge is -2.13. The molecule has 162 valence electrons. The second-order valence-corrected chi connectivity index (χ2v) is 9.54. The lowest BCUT2D eigenvalue weighted by atomic mass is 10.2. The standard InChI is InChI=1S/C21H20FN3O4S2/c1-3-12-25-20(27)18(13-19(26)23-16-8-4-14(2)5-9-16)30-21(25)24-31(28,29)17-10-6-15(22)7-11-17/h3-11,18H,1,12-13H2,2H3,(H,23,26)/b24-21+. The highest BCUT2D eigenvalue weighted by Crippen LogP contribution is 2.31. The highest BCUT2D eigenvalue weighted by Gasteiger charge is 2.39. The van der Waals surface area contributed by atoms with Gasteiger partial charge in [-0.2, -0.15) is 8.42 Å². The van der Waals surface area contributed by atoms with E-state index in [1.807, 2.05) is 19.1 Å². The van der Waals surface area contributed by atoms with Crippen LogP contribution in [0.1, 0.15) is 12.0 Å². The summed E-state index contributed by atoms with van der Waals surface area (Å²) in [5.41, 5.74) is 1.64. The van der Waals surface area contributed by atoms with Gasteiger partial charge in [0.2, 0.25) is 11.8 Å². The van der Waals surface area contributed by atoms with E-state index < -0.39 is 27.0 Å². The van der Waals surface area contributed by atoms with Crippen molar-refractivity contribution in [2.45, 2.75) is 23.5 Å². The molecular weight excluding hydrogens is 441 g/mol. The number of carbonyl (C=O) groups is 2. The number of nitrogens with one attached hydrogen (secondary N) is 1. The number of rotatable bonds is 7. The average Bonchev–Trinajstić information content (AvgIpc) is 2.98. The molecule has 0 spiro atoms. The Morgan fingerprint density at radius 1 is 1.23 bits per heavy atom. The molecule has 7 nitrogen and oxygen atoms in total. The second kappa shape index (κ2) is 9.44. The summed E-state index contributed by atoms with van der Waals surface area (Å²) in [4.78, 5) is 26.1. The van der Waals surface area contributed by atoms with E-state index in [0.29, 0.717) is 5.69 Å². The molecule has 0 aromatic heterocycles. The van der Waals surface area contributed by atoms with Gasteiger partial charge in [-0.25, -0.2) is 4.39 Å². The van der Waals surface area contributed by atoms with Crippen LogP contribution in [0.4, 0.5) is 10.1 Å². The molecule has 2 amide bonds. The van der Waals surface area contributed by atoms with Crippen molar-refractivity contribution in [2.24, 2.45) is 4.40 Å². The van der Waals surface area contributed by atoms with Crippen LogP contribution >= 0.6 is 11.8 Å². The third-order valence-electron chi connectivity index (χ3n) is 4.35. The fourth-order valence-corrected chi connectivity index (χ4v) is 5.15. The minimum atomic E-state index is -4.17. The summed E-state index contributed by atoms with van der Waals surface area (Å²) >= 11 is 0.897. The highest BCUT2D eigenvalue weighted by molar-refractivity contribution is 8.16. The minimum absolute atomic E-state index is 0.0414. The van der Waals surface area contributed by atoms with Crippen molar-refractivity contribution >= 4 is 44.5 Å². The maximum Gasteiger partial charge on any atom is 0.284 e. The predicted molar refractivity (Wildman–Crippen MR) is 119 cm³/mol. The van der Waals surface area contributed by atoms with Crippen LogP contribution in [-0.4, -0.2) is 42.1 Å². The van der Waals surface area contributed by atoms with E-state index in [0.717, 1.165) is 41.6 Å². The van der Waals surface area contributed by atoms with Gasteiger partial charge < -0.3 is 5.32 Å². The van der Waals surface area contributed by atoms with Crippen molar-refractivity contribution in [3.63, 3.8) is 0 Å². The number of hydrogen-bond donors (Lipinski definition) is 1. The summed E-state index contributed by atoms with van der Waals surface area (Å²) in [7, 11) is -4.17. The maximum atomic E-state index is 13.1. The highest BCUT2D eigenvalue weighted by atomic mass is 32.2. The zero-order valence-corrected chi connectivity index (χ0v) is 18.2. The quantitative estimate of drug-likeness (QED) is 0.638. The van der Waals surface area contributed by atoms with E-state index in [4.69, 9.17) is 0 Å². The van der Waals surface area contributed by atoms with Crippen LogP contribution in [0.2, 0.25) is 0 Å². The molecule has 1 unspecified atom stereocenters. The molecular formula is C21H20FN3O4S2. The molecule has 1 aliphatic rings. The Balaban J connectivity index is 1.78. The first kappa shape index (κ1) is 22.7. The average molecular weight is 462 g/mol. The van der Waals surface area contributed by atoms with Crippen molar-refractivity contribution in [1.29, 1.82) is 0 Å². The fourth-order valence-electron chi connectivity index (χ4n) is 2.79. The Bertz CT molecular complexity index is 1130. The lowest BCUT2D eigenvalue weighted by Crippen LogP contribution is -2.33. The largest absolute Gasteiger partial charge is 0.326 e. The van der Waals surface area contributed by atoms with Gasteiger partial charge in [-0.1, -0.05) is 35.5 Å². The number of carbonyl (C=O) groups excluding carboxylic acids is 2. The number of nitrogens with zero attached hydrogens (tertiary/aromatic N) is 2. The van der Waals surface area contributed by atoms with Crippen LogP contribution in [0.25, 0.3) is 0 Å². The Morgan fingerprint density at radius 3 is 2.48 bits per heavy atom. The van der Waals surface area contributed by atoms with Crippen LogP contribution in [0.15, 0.2) is 70.5 Å². The summed E-state index contributed by atoms with van der Waals surface area (Å²) in [5, 5.41) is 1.84. The minimum Gasteiger partial charge on any atom is -0.326 e. The zero-order chi connectivity index (χ0) is 22.6. The number of amides is 2. The van der Waals surface area contributed by atoms with Crippen molar-refractivity contribution in [2.75, 3.05) is 11.9 Å². The fraction of sp³-hybridized carbons (Fsp3) is 0.190. The molecule has 0 bridgehead atoms. The van der Waals surface area contributed by atoms with Crippen molar-refractivity contribution < 1.29 is 22.4 Å².